The quantitative estimate of drug-likeness (QED) is 0.839. The Balaban J connectivity index is 2.11. The first-order chi connectivity index (χ1) is 9.13. The van der Waals surface area contributed by atoms with E-state index in [1.807, 2.05) is 30.3 Å². The maximum Gasteiger partial charge on any atom is 0.417 e. The van der Waals surface area contributed by atoms with Crippen molar-refractivity contribution in [2.75, 3.05) is 6.61 Å². The van der Waals surface area contributed by atoms with Crippen LogP contribution in [0.2, 0.25) is 0 Å². The third-order valence-corrected chi connectivity index (χ3v) is 3.14. The molecular weight excluding hydrogens is 249 g/mol. The molecule has 5 heteroatoms. The van der Waals surface area contributed by atoms with Crippen molar-refractivity contribution in [2.24, 2.45) is 0 Å². The van der Waals surface area contributed by atoms with Crippen molar-refractivity contribution in [3.05, 3.63) is 35.9 Å². The second-order valence-electron chi connectivity index (χ2n) is 4.50. The summed E-state index contributed by atoms with van der Waals surface area (Å²) >= 11 is 0. The summed E-state index contributed by atoms with van der Waals surface area (Å²) in [4.78, 5) is 24.3. The molecule has 2 rings (SSSR count). The zero-order chi connectivity index (χ0) is 13.8. The highest BCUT2D eigenvalue weighted by Gasteiger charge is 2.40. The average molecular weight is 265 g/mol. The topological polar surface area (TPSA) is 46.6 Å². The molecule has 1 aromatic rings. The van der Waals surface area contributed by atoms with Crippen LogP contribution in [0.5, 0.6) is 0 Å². The fourth-order valence-corrected chi connectivity index (χ4v) is 2.09. The molecule has 1 aromatic carbocycles. The minimum absolute atomic E-state index is 0.0562. The summed E-state index contributed by atoms with van der Waals surface area (Å²) in [6.07, 6.45) is -1.86. The lowest BCUT2D eigenvalue weighted by molar-refractivity contribution is -0.134. The van der Waals surface area contributed by atoms with E-state index in [1.54, 1.807) is 6.92 Å². The van der Waals surface area contributed by atoms with E-state index in [1.165, 1.54) is 0 Å². The van der Waals surface area contributed by atoms with Crippen LogP contribution in [0.3, 0.4) is 0 Å². The highest BCUT2D eigenvalue weighted by molar-refractivity contribution is 5.95. The van der Waals surface area contributed by atoms with Crippen LogP contribution in [-0.4, -0.2) is 35.7 Å². The molecule has 0 radical (unpaired) electrons. The highest BCUT2D eigenvalue weighted by Crippen LogP contribution is 2.19. The fourth-order valence-electron chi connectivity index (χ4n) is 2.09. The number of imide groups is 1. The zero-order valence-corrected chi connectivity index (χ0v) is 10.7. The Morgan fingerprint density at radius 2 is 2.16 bits per heavy atom. The maximum atomic E-state index is 13.5. The Bertz CT molecular complexity index is 463. The van der Waals surface area contributed by atoms with E-state index in [4.69, 9.17) is 4.74 Å². The smallest absolute Gasteiger partial charge is 0.417 e. The molecule has 1 aliphatic heterocycles. The van der Waals surface area contributed by atoms with E-state index in [9.17, 15) is 14.0 Å². The lowest BCUT2D eigenvalue weighted by Gasteiger charge is -2.20. The molecular formula is C14H16FNO3. The van der Waals surface area contributed by atoms with Crippen molar-refractivity contribution >= 4 is 12.0 Å². The zero-order valence-electron chi connectivity index (χ0n) is 10.7. The Hall–Kier alpha value is -1.91. The van der Waals surface area contributed by atoms with Gasteiger partial charge in [0.25, 0.3) is 5.91 Å². The molecule has 4 nitrogen and oxygen atoms in total. The number of ether oxygens (including phenoxy) is 1. The monoisotopic (exact) mass is 265 g/mol. The maximum absolute atomic E-state index is 13.5. The van der Waals surface area contributed by atoms with Gasteiger partial charge in [0.2, 0.25) is 0 Å². The molecule has 1 fully saturated rings. The summed E-state index contributed by atoms with van der Waals surface area (Å²) < 4.78 is 18.3. The molecule has 0 aliphatic carbocycles. The van der Waals surface area contributed by atoms with Gasteiger partial charge in [0.15, 0.2) is 6.17 Å². The van der Waals surface area contributed by atoms with Crippen LogP contribution in [0.4, 0.5) is 9.18 Å². The van der Waals surface area contributed by atoms with Crippen molar-refractivity contribution < 1.29 is 18.7 Å². The normalized spacial score (nSPS) is 20.2. The van der Waals surface area contributed by atoms with Crippen LogP contribution >= 0.6 is 0 Å². The lowest BCUT2D eigenvalue weighted by Crippen LogP contribution is -2.44. The molecule has 0 aromatic heterocycles. The third kappa shape index (κ3) is 2.92. The van der Waals surface area contributed by atoms with Gasteiger partial charge in [-0.3, -0.25) is 4.79 Å². The molecule has 2 atom stereocenters. The number of carbonyl (C=O) groups excluding carboxylic acids is 2. The Labute approximate surface area is 111 Å². The predicted octanol–water partition coefficient (Wildman–Crippen LogP) is 2.32. The number of hydrogen-bond acceptors (Lipinski definition) is 3. The van der Waals surface area contributed by atoms with Gasteiger partial charge in [0.05, 0.1) is 6.04 Å². The second kappa shape index (κ2) is 5.82. The van der Waals surface area contributed by atoms with Gasteiger partial charge in [0, 0.05) is 0 Å². The first kappa shape index (κ1) is 13.5. The van der Waals surface area contributed by atoms with Crippen LogP contribution in [0, 0.1) is 0 Å². The Morgan fingerprint density at radius 1 is 1.47 bits per heavy atom. The Morgan fingerprint density at radius 3 is 2.79 bits per heavy atom. The second-order valence-corrected chi connectivity index (χ2v) is 4.50. The van der Waals surface area contributed by atoms with Gasteiger partial charge < -0.3 is 4.74 Å². The first-order valence-electron chi connectivity index (χ1n) is 6.31. The van der Waals surface area contributed by atoms with Gasteiger partial charge in [0.1, 0.15) is 6.61 Å². The van der Waals surface area contributed by atoms with E-state index in [2.05, 4.69) is 0 Å². The van der Waals surface area contributed by atoms with E-state index in [0.29, 0.717) is 6.42 Å². The predicted molar refractivity (Wildman–Crippen MR) is 67.3 cm³/mol. The number of amides is 2. The number of carbonyl (C=O) groups is 2. The van der Waals surface area contributed by atoms with E-state index in [-0.39, 0.29) is 13.0 Å². The summed E-state index contributed by atoms with van der Waals surface area (Å²) in [7, 11) is 0. The molecule has 0 spiro atoms. The fraction of sp³-hybridized carbons (Fsp3) is 0.429. The molecule has 0 N–H and O–H groups in total. The lowest BCUT2D eigenvalue weighted by atomic mass is 10.1. The molecule has 0 saturated carbocycles. The minimum atomic E-state index is -1.65. The summed E-state index contributed by atoms with van der Waals surface area (Å²) in [5.41, 5.74) is 0.982. The van der Waals surface area contributed by atoms with Crippen LogP contribution in [-0.2, 0) is 16.0 Å². The number of rotatable bonds is 4. The van der Waals surface area contributed by atoms with Crippen LogP contribution < -0.4 is 0 Å². The third-order valence-electron chi connectivity index (χ3n) is 3.14. The molecule has 19 heavy (non-hydrogen) atoms. The summed E-state index contributed by atoms with van der Waals surface area (Å²) in [5, 5.41) is 0. The number of nitrogens with zero attached hydrogens (tertiary/aromatic N) is 1. The Kier molecular flexibility index (Phi) is 4.14. The summed E-state index contributed by atoms with van der Waals surface area (Å²) in [6, 6.07) is 9.02. The first-order valence-corrected chi connectivity index (χ1v) is 6.31. The number of benzene rings is 1. The molecule has 0 bridgehead atoms. The number of halogens is 1. The number of alkyl halides is 1. The SMILES string of the molecule is CC[C@H](F)C(=O)N1C(=O)OC[C@@H]1Cc1ccccc1. The minimum Gasteiger partial charge on any atom is -0.447 e. The average Bonchev–Trinajstić information content (AvgIpc) is 2.79. The summed E-state index contributed by atoms with van der Waals surface area (Å²) in [5.74, 6) is -0.800. The van der Waals surface area contributed by atoms with Gasteiger partial charge in [-0.1, -0.05) is 37.3 Å². The van der Waals surface area contributed by atoms with Crippen molar-refractivity contribution in [2.45, 2.75) is 32.0 Å². The van der Waals surface area contributed by atoms with E-state index >= 15 is 0 Å². The highest BCUT2D eigenvalue weighted by atomic mass is 19.1. The molecule has 102 valence electrons. The van der Waals surface area contributed by atoms with Crippen LogP contribution in [0.15, 0.2) is 30.3 Å². The summed E-state index contributed by atoms with van der Waals surface area (Å²) in [6.45, 7) is 1.69. The molecule has 2 amide bonds. The van der Waals surface area contributed by atoms with E-state index in [0.717, 1.165) is 10.5 Å². The van der Waals surface area contributed by atoms with Gasteiger partial charge >= 0.3 is 6.09 Å². The van der Waals surface area contributed by atoms with Gasteiger partial charge in [-0.05, 0) is 18.4 Å². The van der Waals surface area contributed by atoms with Gasteiger partial charge in [-0.25, -0.2) is 14.1 Å². The largest absolute Gasteiger partial charge is 0.447 e. The molecule has 1 heterocycles. The number of cyclic esters (lactones) is 1. The molecule has 1 aliphatic rings. The van der Waals surface area contributed by atoms with Gasteiger partial charge in [-0.2, -0.15) is 0 Å². The van der Waals surface area contributed by atoms with Crippen LogP contribution in [0.25, 0.3) is 0 Å². The van der Waals surface area contributed by atoms with Crippen LogP contribution in [0.1, 0.15) is 18.9 Å². The van der Waals surface area contributed by atoms with Crippen molar-refractivity contribution in [1.29, 1.82) is 0 Å². The molecule has 1 saturated heterocycles. The van der Waals surface area contributed by atoms with E-state index < -0.39 is 24.2 Å². The van der Waals surface area contributed by atoms with Crippen molar-refractivity contribution in [3.8, 4) is 0 Å². The standard InChI is InChI=1S/C14H16FNO3/c1-2-12(15)13(17)16-11(9-19-14(16)18)8-10-6-4-3-5-7-10/h3-7,11-12H,2,8-9H2,1H3/t11-,12-/m0/s1. The van der Waals surface area contributed by atoms with Gasteiger partial charge in [-0.15, -0.1) is 0 Å². The molecule has 0 unspecified atom stereocenters. The number of hydrogen-bond donors (Lipinski definition) is 0. The van der Waals surface area contributed by atoms with Crippen molar-refractivity contribution in [3.63, 3.8) is 0 Å². The van der Waals surface area contributed by atoms with Crippen molar-refractivity contribution in [1.82, 2.24) is 4.90 Å².